The van der Waals surface area contributed by atoms with Crippen molar-refractivity contribution in [1.82, 2.24) is 4.37 Å². The van der Waals surface area contributed by atoms with E-state index >= 15 is 0 Å². The van der Waals surface area contributed by atoms with Crippen molar-refractivity contribution < 1.29 is 0 Å². The molecule has 3 aromatic rings. The zero-order valence-electron chi connectivity index (χ0n) is 10.1. The molecule has 0 saturated carbocycles. The summed E-state index contributed by atoms with van der Waals surface area (Å²) in [5.74, 6) is 0. The Bertz CT molecular complexity index is 755. The monoisotopic (exact) mass is 265 g/mol. The largest absolute Gasteiger partial charge is 0.371 e. The van der Waals surface area contributed by atoms with E-state index < -0.39 is 0 Å². The third-order valence-electron chi connectivity index (χ3n) is 2.89. The molecule has 0 spiro atoms. The summed E-state index contributed by atoms with van der Waals surface area (Å²) in [4.78, 5) is 0. The van der Waals surface area contributed by atoms with Crippen LogP contribution in [0.5, 0.6) is 0 Å². The van der Waals surface area contributed by atoms with Gasteiger partial charge < -0.3 is 5.32 Å². The lowest BCUT2D eigenvalue weighted by Gasteiger charge is -2.04. The van der Waals surface area contributed by atoms with Crippen molar-refractivity contribution in [2.45, 2.75) is 6.54 Å². The minimum Gasteiger partial charge on any atom is -0.371 e. The van der Waals surface area contributed by atoms with Gasteiger partial charge in [0, 0.05) is 11.9 Å². The van der Waals surface area contributed by atoms with Gasteiger partial charge in [-0.15, -0.1) is 0 Å². The molecule has 3 rings (SSSR count). The molecule has 0 aliphatic rings. The molecule has 0 bridgehead atoms. The molecule has 0 amide bonds. The summed E-state index contributed by atoms with van der Waals surface area (Å²) in [6.45, 7) is 0.696. The van der Waals surface area contributed by atoms with E-state index in [0.717, 1.165) is 21.5 Å². The summed E-state index contributed by atoms with van der Waals surface area (Å²) >= 11 is 1.47. The second-order valence-electron chi connectivity index (χ2n) is 4.19. The second kappa shape index (κ2) is 5.09. The Morgan fingerprint density at radius 2 is 2.05 bits per heavy atom. The topological polar surface area (TPSA) is 48.7 Å². The summed E-state index contributed by atoms with van der Waals surface area (Å²) < 4.78 is 4.39. The predicted molar refractivity (Wildman–Crippen MR) is 78.1 cm³/mol. The lowest BCUT2D eigenvalue weighted by Crippen LogP contribution is -1.98. The first kappa shape index (κ1) is 11.7. The summed E-state index contributed by atoms with van der Waals surface area (Å²) in [5, 5.41) is 14.5. The second-order valence-corrected chi connectivity index (χ2v) is 4.97. The first-order valence-electron chi connectivity index (χ1n) is 5.94. The van der Waals surface area contributed by atoms with Gasteiger partial charge in [0.1, 0.15) is 5.00 Å². The minimum atomic E-state index is 0.688. The summed E-state index contributed by atoms with van der Waals surface area (Å²) in [6, 6.07) is 17.8. The van der Waals surface area contributed by atoms with Crippen LogP contribution >= 0.6 is 11.5 Å². The van der Waals surface area contributed by atoms with Crippen molar-refractivity contribution in [3.05, 3.63) is 59.7 Å². The van der Waals surface area contributed by atoms with Gasteiger partial charge in [0.15, 0.2) is 0 Å². The molecule has 0 aliphatic heterocycles. The maximum atomic E-state index is 8.88. The SMILES string of the molecule is N#Cc1cccc(CNc2snc3ccccc23)c1. The molecule has 3 nitrogen and oxygen atoms in total. The van der Waals surface area contributed by atoms with Crippen molar-refractivity contribution in [2.75, 3.05) is 5.32 Å². The number of anilines is 1. The number of hydrogen-bond acceptors (Lipinski definition) is 4. The molecule has 19 heavy (non-hydrogen) atoms. The molecule has 2 aromatic carbocycles. The van der Waals surface area contributed by atoms with Crippen molar-refractivity contribution in [3.63, 3.8) is 0 Å². The molecule has 1 N–H and O–H groups in total. The van der Waals surface area contributed by atoms with Crippen LogP contribution in [-0.4, -0.2) is 4.37 Å². The molecule has 0 unspecified atom stereocenters. The third-order valence-corrected chi connectivity index (χ3v) is 3.73. The van der Waals surface area contributed by atoms with Crippen molar-refractivity contribution in [2.24, 2.45) is 0 Å². The number of nitriles is 1. The lowest BCUT2D eigenvalue weighted by molar-refractivity contribution is 1.16. The van der Waals surface area contributed by atoms with Crippen LogP contribution in [0.25, 0.3) is 10.9 Å². The lowest BCUT2D eigenvalue weighted by atomic mass is 10.1. The highest BCUT2D eigenvalue weighted by atomic mass is 32.1. The Kier molecular flexibility index (Phi) is 3.13. The van der Waals surface area contributed by atoms with Gasteiger partial charge in [-0.05, 0) is 41.4 Å². The van der Waals surface area contributed by atoms with E-state index in [0.29, 0.717) is 12.1 Å². The number of nitrogens with zero attached hydrogens (tertiary/aromatic N) is 2. The molecule has 92 valence electrons. The number of aromatic nitrogens is 1. The first-order chi connectivity index (χ1) is 9.36. The highest BCUT2D eigenvalue weighted by Gasteiger charge is 2.04. The molecular formula is C15H11N3S. The minimum absolute atomic E-state index is 0.688. The van der Waals surface area contributed by atoms with E-state index in [9.17, 15) is 0 Å². The van der Waals surface area contributed by atoms with Gasteiger partial charge in [-0.2, -0.15) is 9.64 Å². The third kappa shape index (κ3) is 2.42. The summed E-state index contributed by atoms with van der Waals surface area (Å²) in [6.07, 6.45) is 0. The van der Waals surface area contributed by atoms with Crippen LogP contribution in [0.1, 0.15) is 11.1 Å². The Hall–Kier alpha value is -2.38. The molecule has 0 radical (unpaired) electrons. The van der Waals surface area contributed by atoms with Crippen LogP contribution in [0, 0.1) is 11.3 Å². The highest BCUT2D eigenvalue weighted by molar-refractivity contribution is 7.11. The van der Waals surface area contributed by atoms with Gasteiger partial charge in [0.2, 0.25) is 0 Å². The van der Waals surface area contributed by atoms with Crippen LogP contribution in [0.2, 0.25) is 0 Å². The van der Waals surface area contributed by atoms with Gasteiger partial charge in [0.25, 0.3) is 0 Å². The standard InChI is InChI=1S/C15H11N3S/c16-9-11-4-3-5-12(8-11)10-17-15-13-6-1-2-7-14(13)18-19-15/h1-8,17H,10H2. The summed E-state index contributed by atoms with van der Waals surface area (Å²) in [5.41, 5.74) is 2.80. The van der Waals surface area contributed by atoms with E-state index in [4.69, 9.17) is 5.26 Å². The van der Waals surface area contributed by atoms with E-state index in [1.807, 2.05) is 42.5 Å². The normalized spacial score (nSPS) is 10.3. The fraction of sp³-hybridized carbons (Fsp3) is 0.0667. The van der Waals surface area contributed by atoms with Gasteiger partial charge in [-0.1, -0.05) is 24.3 Å². The van der Waals surface area contributed by atoms with Gasteiger partial charge in [-0.25, -0.2) is 0 Å². The molecule has 0 saturated heterocycles. The predicted octanol–water partition coefficient (Wildman–Crippen LogP) is 3.78. The fourth-order valence-corrected chi connectivity index (χ4v) is 2.71. The van der Waals surface area contributed by atoms with E-state index in [2.05, 4.69) is 21.8 Å². The van der Waals surface area contributed by atoms with E-state index in [-0.39, 0.29) is 0 Å². The zero-order valence-corrected chi connectivity index (χ0v) is 10.9. The molecular weight excluding hydrogens is 254 g/mol. The van der Waals surface area contributed by atoms with Crippen LogP contribution in [0.3, 0.4) is 0 Å². The van der Waals surface area contributed by atoms with Crippen LogP contribution in [-0.2, 0) is 6.54 Å². The van der Waals surface area contributed by atoms with E-state index in [1.165, 1.54) is 11.5 Å². The van der Waals surface area contributed by atoms with Crippen molar-refractivity contribution >= 4 is 27.4 Å². The molecule has 0 atom stereocenters. The van der Waals surface area contributed by atoms with E-state index in [1.54, 1.807) is 0 Å². The Balaban J connectivity index is 1.81. The fourth-order valence-electron chi connectivity index (χ4n) is 1.95. The molecule has 0 fully saturated rings. The van der Waals surface area contributed by atoms with Crippen LogP contribution in [0.4, 0.5) is 5.00 Å². The van der Waals surface area contributed by atoms with Gasteiger partial charge >= 0.3 is 0 Å². The number of hydrogen-bond donors (Lipinski definition) is 1. The molecule has 4 heteroatoms. The molecule has 1 heterocycles. The maximum absolute atomic E-state index is 8.88. The van der Waals surface area contributed by atoms with Crippen LogP contribution in [0.15, 0.2) is 48.5 Å². The average molecular weight is 265 g/mol. The Morgan fingerprint density at radius 3 is 2.95 bits per heavy atom. The van der Waals surface area contributed by atoms with Gasteiger partial charge in [-0.3, -0.25) is 0 Å². The smallest absolute Gasteiger partial charge is 0.117 e. The Morgan fingerprint density at radius 1 is 1.16 bits per heavy atom. The van der Waals surface area contributed by atoms with Crippen molar-refractivity contribution in [3.8, 4) is 6.07 Å². The first-order valence-corrected chi connectivity index (χ1v) is 6.71. The number of rotatable bonds is 3. The molecule has 0 aliphatic carbocycles. The number of nitrogens with one attached hydrogen (secondary N) is 1. The van der Waals surface area contributed by atoms with Crippen molar-refractivity contribution in [1.29, 1.82) is 5.26 Å². The quantitative estimate of drug-likeness (QED) is 0.784. The number of benzene rings is 2. The highest BCUT2D eigenvalue weighted by Crippen LogP contribution is 2.27. The molecule has 1 aromatic heterocycles. The van der Waals surface area contributed by atoms with Crippen LogP contribution < -0.4 is 5.32 Å². The average Bonchev–Trinajstić information content (AvgIpc) is 2.89. The maximum Gasteiger partial charge on any atom is 0.117 e. The van der Waals surface area contributed by atoms with Gasteiger partial charge in [0.05, 0.1) is 17.1 Å². The zero-order chi connectivity index (χ0) is 13.1. The Labute approximate surface area is 115 Å². The number of fused-ring (bicyclic) bond motifs is 1. The summed E-state index contributed by atoms with van der Waals surface area (Å²) in [7, 11) is 0.